The van der Waals surface area contributed by atoms with E-state index in [1.165, 1.54) is 0 Å². The van der Waals surface area contributed by atoms with Gasteiger partial charge in [-0.3, -0.25) is 4.90 Å². The van der Waals surface area contributed by atoms with E-state index < -0.39 is 6.10 Å². The molecule has 1 atom stereocenters. The van der Waals surface area contributed by atoms with E-state index in [0.717, 1.165) is 27.1 Å². The molecule has 1 aromatic carbocycles. The summed E-state index contributed by atoms with van der Waals surface area (Å²) < 4.78 is 11.4. The molecule has 0 unspecified atom stereocenters. The highest BCUT2D eigenvalue weighted by atomic mass is 35.5. The van der Waals surface area contributed by atoms with Crippen LogP contribution in [0.25, 0.3) is 0 Å². The van der Waals surface area contributed by atoms with Crippen LogP contribution in [0.5, 0.6) is 11.5 Å². The third kappa shape index (κ3) is 4.06. The van der Waals surface area contributed by atoms with E-state index in [1.807, 2.05) is 36.4 Å². The minimum absolute atomic E-state index is 0.233. The summed E-state index contributed by atoms with van der Waals surface area (Å²) in [7, 11) is 0. The SMILES string of the molecule is C=CCN(Cc1ccc(Cl)s1)C[C@H](O)c1ccc2c(c1)OCO2. The molecule has 3 rings (SSSR count). The number of nitrogens with zero attached hydrogens (tertiary/aromatic N) is 1. The Balaban J connectivity index is 1.67. The zero-order chi connectivity index (χ0) is 16.2. The van der Waals surface area contributed by atoms with Crippen molar-refractivity contribution < 1.29 is 14.6 Å². The van der Waals surface area contributed by atoms with Gasteiger partial charge in [0.1, 0.15) is 0 Å². The van der Waals surface area contributed by atoms with E-state index in [4.69, 9.17) is 21.1 Å². The lowest BCUT2D eigenvalue weighted by Crippen LogP contribution is -2.28. The van der Waals surface area contributed by atoms with Crippen molar-refractivity contribution in [3.63, 3.8) is 0 Å². The Kier molecular flexibility index (Phi) is 5.23. The summed E-state index contributed by atoms with van der Waals surface area (Å²) in [5.74, 6) is 1.40. The first-order chi connectivity index (χ1) is 11.2. The maximum absolute atomic E-state index is 10.5. The highest BCUT2D eigenvalue weighted by Gasteiger charge is 2.18. The lowest BCUT2D eigenvalue weighted by Gasteiger charge is -2.23. The number of ether oxygens (including phenoxy) is 2. The van der Waals surface area contributed by atoms with Crippen molar-refractivity contribution in [2.75, 3.05) is 19.9 Å². The van der Waals surface area contributed by atoms with Crippen LogP contribution in [0.1, 0.15) is 16.5 Å². The van der Waals surface area contributed by atoms with Crippen molar-refractivity contribution in [3.05, 3.63) is 57.8 Å². The topological polar surface area (TPSA) is 41.9 Å². The fraction of sp³-hybridized carbons (Fsp3) is 0.294. The quantitative estimate of drug-likeness (QED) is 0.769. The van der Waals surface area contributed by atoms with E-state index in [2.05, 4.69) is 11.5 Å². The summed E-state index contributed by atoms with van der Waals surface area (Å²) in [6.07, 6.45) is 1.22. The van der Waals surface area contributed by atoms with Gasteiger partial charge in [0.05, 0.1) is 10.4 Å². The van der Waals surface area contributed by atoms with Crippen LogP contribution in [-0.2, 0) is 6.54 Å². The van der Waals surface area contributed by atoms with Crippen LogP contribution in [0, 0.1) is 0 Å². The first-order valence-electron chi connectivity index (χ1n) is 7.31. The van der Waals surface area contributed by atoms with Crippen LogP contribution in [0.3, 0.4) is 0 Å². The lowest BCUT2D eigenvalue weighted by molar-refractivity contribution is 0.116. The number of aliphatic hydroxyl groups is 1. The summed E-state index contributed by atoms with van der Waals surface area (Å²) >= 11 is 7.53. The molecule has 0 bridgehead atoms. The molecule has 1 aromatic heterocycles. The van der Waals surface area contributed by atoms with Crippen LogP contribution in [0.4, 0.5) is 0 Å². The fourth-order valence-electron chi connectivity index (χ4n) is 2.51. The van der Waals surface area contributed by atoms with Crippen molar-refractivity contribution >= 4 is 22.9 Å². The van der Waals surface area contributed by atoms with Crippen LogP contribution in [0.15, 0.2) is 43.0 Å². The van der Waals surface area contributed by atoms with Crippen molar-refractivity contribution in [1.29, 1.82) is 0 Å². The van der Waals surface area contributed by atoms with Gasteiger partial charge in [0.15, 0.2) is 11.5 Å². The number of benzene rings is 1. The smallest absolute Gasteiger partial charge is 0.231 e. The second-order valence-corrected chi connectivity index (χ2v) is 7.12. The average Bonchev–Trinajstić information content (AvgIpc) is 3.15. The Morgan fingerprint density at radius 2 is 2.13 bits per heavy atom. The molecule has 122 valence electrons. The van der Waals surface area contributed by atoms with E-state index >= 15 is 0 Å². The molecule has 0 saturated heterocycles. The van der Waals surface area contributed by atoms with Gasteiger partial charge < -0.3 is 14.6 Å². The van der Waals surface area contributed by atoms with Gasteiger partial charge in [-0.05, 0) is 29.8 Å². The van der Waals surface area contributed by atoms with E-state index in [9.17, 15) is 5.11 Å². The molecule has 2 heterocycles. The number of aliphatic hydroxyl groups excluding tert-OH is 1. The van der Waals surface area contributed by atoms with Crippen LogP contribution >= 0.6 is 22.9 Å². The molecule has 4 nitrogen and oxygen atoms in total. The zero-order valence-corrected chi connectivity index (χ0v) is 14.1. The summed E-state index contributed by atoms with van der Waals surface area (Å²) in [6.45, 7) is 5.94. The largest absolute Gasteiger partial charge is 0.454 e. The molecule has 0 spiro atoms. The van der Waals surface area contributed by atoms with Gasteiger partial charge in [-0.1, -0.05) is 23.7 Å². The highest BCUT2D eigenvalue weighted by Crippen LogP contribution is 2.34. The first-order valence-corrected chi connectivity index (χ1v) is 8.50. The molecule has 23 heavy (non-hydrogen) atoms. The Morgan fingerprint density at radius 3 is 2.87 bits per heavy atom. The minimum Gasteiger partial charge on any atom is -0.454 e. The van der Waals surface area contributed by atoms with Crippen molar-refractivity contribution in [1.82, 2.24) is 4.90 Å². The van der Waals surface area contributed by atoms with Gasteiger partial charge in [0.2, 0.25) is 6.79 Å². The predicted octanol–water partition coefficient (Wildman–Crippen LogP) is 3.85. The summed E-state index contributed by atoms with van der Waals surface area (Å²) in [5, 5.41) is 10.5. The standard InChI is InChI=1S/C17H18ClNO3S/c1-2-7-19(9-13-4-6-17(18)23-13)10-14(20)12-3-5-15-16(8-12)22-11-21-15/h2-6,8,14,20H,1,7,9-11H2/t14-/m0/s1. The number of fused-ring (bicyclic) bond motifs is 1. The van der Waals surface area contributed by atoms with E-state index in [0.29, 0.717) is 18.8 Å². The molecule has 0 saturated carbocycles. The second kappa shape index (κ2) is 7.36. The predicted molar refractivity (Wildman–Crippen MR) is 92.3 cm³/mol. The highest BCUT2D eigenvalue weighted by molar-refractivity contribution is 7.16. The average molecular weight is 352 g/mol. The van der Waals surface area contributed by atoms with Crippen LogP contribution in [-0.4, -0.2) is 29.9 Å². The molecular weight excluding hydrogens is 334 g/mol. The Morgan fingerprint density at radius 1 is 1.30 bits per heavy atom. The maximum Gasteiger partial charge on any atom is 0.231 e. The van der Waals surface area contributed by atoms with Gasteiger partial charge in [-0.15, -0.1) is 17.9 Å². The Labute approximate surface area is 144 Å². The number of hydrogen-bond donors (Lipinski definition) is 1. The monoisotopic (exact) mass is 351 g/mol. The molecule has 1 N–H and O–H groups in total. The second-order valence-electron chi connectivity index (χ2n) is 5.32. The molecule has 1 aliphatic rings. The van der Waals surface area contributed by atoms with E-state index in [-0.39, 0.29) is 6.79 Å². The van der Waals surface area contributed by atoms with E-state index in [1.54, 1.807) is 11.3 Å². The molecule has 0 amide bonds. The van der Waals surface area contributed by atoms with Gasteiger partial charge in [-0.25, -0.2) is 0 Å². The number of thiophene rings is 1. The molecule has 6 heteroatoms. The van der Waals surface area contributed by atoms with Crippen molar-refractivity contribution in [2.45, 2.75) is 12.6 Å². The normalized spacial score (nSPS) is 14.2. The third-order valence-corrected chi connectivity index (χ3v) is 4.82. The Bertz CT molecular complexity index is 688. The van der Waals surface area contributed by atoms with Crippen molar-refractivity contribution in [3.8, 4) is 11.5 Å². The molecular formula is C17H18ClNO3S. The lowest BCUT2D eigenvalue weighted by atomic mass is 10.1. The van der Waals surface area contributed by atoms with Gasteiger partial charge in [0, 0.05) is 24.5 Å². The summed E-state index contributed by atoms with van der Waals surface area (Å²) in [5.41, 5.74) is 0.813. The fourth-order valence-corrected chi connectivity index (χ4v) is 3.64. The third-order valence-electron chi connectivity index (χ3n) is 3.61. The van der Waals surface area contributed by atoms with Crippen LogP contribution < -0.4 is 9.47 Å². The molecule has 0 fully saturated rings. The summed E-state index contributed by atoms with van der Waals surface area (Å²) in [4.78, 5) is 3.29. The van der Waals surface area contributed by atoms with Gasteiger partial charge >= 0.3 is 0 Å². The molecule has 0 aliphatic carbocycles. The van der Waals surface area contributed by atoms with Crippen LogP contribution in [0.2, 0.25) is 4.34 Å². The van der Waals surface area contributed by atoms with Gasteiger partial charge in [-0.2, -0.15) is 0 Å². The molecule has 2 aromatic rings. The molecule has 1 aliphatic heterocycles. The number of hydrogen-bond acceptors (Lipinski definition) is 5. The first kappa shape index (κ1) is 16.3. The maximum atomic E-state index is 10.5. The van der Waals surface area contributed by atoms with Gasteiger partial charge in [0.25, 0.3) is 0 Å². The Hall–Kier alpha value is -1.53. The van der Waals surface area contributed by atoms with Crippen molar-refractivity contribution in [2.24, 2.45) is 0 Å². The minimum atomic E-state index is -0.611. The molecule has 0 radical (unpaired) electrons. The number of rotatable bonds is 7. The summed E-state index contributed by atoms with van der Waals surface area (Å²) in [6, 6.07) is 9.43. The number of halogens is 1. The zero-order valence-electron chi connectivity index (χ0n) is 12.6.